The zero-order chi connectivity index (χ0) is 14.1. The van der Waals surface area contributed by atoms with Crippen LogP contribution in [0.4, 0.5) is 0 Å². The van der Waals surface area contributed by atoms with Crippen molar-refractivity contribution in [3.05, 3.63) is 57.7 Å². The molecular formula is C15H15N3OS. The molecule has 0 unspecified atom stereocenters. The van der Waals surface area contributed by atoms with Gasteiger partial charge in [0.25, 0.3) is 5.91 Å². The standard InChI is InChI=1S/C15H15N3OS/c1-10-8-11(2)18-6-5-13(14(18)17-10)15(19)16-9-12-4-3-7-20-12/h3-8H,9H2,1-2H3,(H,16,19). The summed E-state index contributed by atoms with van der Waals surface area (Å²) in [5.74, 6) is -0.0848. The largest absolute Gasteiger partial charge is 0.347 e. The fraction of sp³-hybridized carbons (Fsp3) is 0.200. The van der Waals surface area contributed by atoms with Crippen LogP contribution in [0, 0.1) is 13.8 Å². The molecule has 1 amide bonds. The molecule has 0 fully saturated rings. The average Bonchev–Trinajstić information content (AvgIpc) is 3.04. The minimum absolute atomic E-state index is 0.0848. The molecule has 0 aromatic carbocycles. The smallest absolute Gasteiger partial charge is 0.255 e. The van der Waals surface area contributed by atoms with Gasteiger partial charge in [0.1, 0.15) is 5.65 Å². The highest BCUT2D eigenvalue weighted by molar-refractivity contribution is 7.09. The van der Waals surface area contributed by atoms with Crippen molar-refractivity contribution in [3.63, 3.8) is 0 Å². The molecule has 3 aromatic rings. The molecule has 3 heterocycles. The Hall–Kier alpha value is -2.14. The number of nitrogens with one attached hydrogen (secondary N) is 1. The molecular weight excluding hydrogens is 270 g/mol. The van der Waals surface area contributed by atoms with E-state index in [0.717, 1.165) is 16.3 Å². The molecule has 0 atom stereocenters. The maximum Gasteiger partial charge on any atom is 0.255 e. The Bertz CT molecular complexity index is 759. The molecule has 0 saturated carbocycles. The van der Waals surface area contributed by atoms with Crippen LogP contribution in [-0.2, 0) is 6.54 Å². The number of aryl methyl sites for hydroxylation is 2. The zero-order valence-electron chi connectivity index (χ0n) is 11.4. The number of hydrogen-bond acceptors (Lipinski definition) is 3. The van der Waals surface area contributed by atoms with Gasteiger partial charge in [-0.3, -0.25) is 4.79 Å². The maximum atomic E-state index is 12.3. The molecule has 3 rings (SSSR count). The highest BCUT2D eigenvalue weighted by Gasteiger charge is 2.13. The summed E-state index contributed by atoms with van der Waals surface area (Å²) in [5.41, 5.74) is 3.32. The van der Waals surface area contributed by atoms with E-state index in [1.807, 2.05) is 54.1 Å². The van der Waals surface area contributed by atoms with E-state index in [9.17, 15) is 4.79 Å². The quantitative estimate of drug-likeness (QED) is 0.804. The Balaban J connectivity index is 1.88. The summed E-state index contributed by atoms with van der Waals surface area (Å²) in [5, 5.41) is 4.94. The normalized spacial score (nSPS) is 10.9. The Morgan fingerprint density at radius 1 is 1.40 bits per heavy atom. The second kappa shape index (κ2) is 5.09. The monoisotopic (exact) mass is 285 g/mol. The van der Waals surface area contributed by atoms with Crippen molar-refractivity contribution in [2.24, 2.45) is 0 Å². The van der Waals surface area contributed by atoms with Crippen molar-refractivity contribution in [2.75, 3.05) is 0 Å². The van der Waals surface area contributed by atoms with E-state index in [4.69, 9.17) is 0 Å². The Morgan fingerprint density at radius 3 is 3.00 bits per heavy atom. The van der Waals surface area contributed by atoms with Gasteiger partial charge in [0.15, 0.2) is 0 Å². The SMILES string of the molecule is Cc1cc(C)n2ccc(C(=O)NCc3cccs3)c2n1. The van der Waals surface area contributed by atoms with Gasteiger partial charge in [0.2, 0.25) is 0 Å². The van der Waals surface area contributed by atoms with Crippen LogP contribution >= 0.6 is 11.3 Å². The van der Waals surface area contributed by atoms with Gasteiger partial charge in [0, 0.05) is 22.5 Å². The van der Waals surface area contributed by atoms with Gasteiger partial charge in [-0.1, -0.05) is 6.07 Å². The fourth-order valence-electron chi connectivity index (χ4n) is 2.25. The molecule has 0 aliphatic heterocycles. The molecule has 5 heteroatoms. The van der Waals surface area contributed by atoms with Crippen LogP contribution in [0.1, 0.15) is 26.6 Å². The van der Waals surface area contributed by atoms with Crippen molar-refractivity contribution in [2.45, 2.75) is 20.4 Å². The molecule has 20 heavy (non-hydrogen) atoms. The number of hydrogen-bond donors (Lipinski definition) is 1. The number of aromatic nitrogens is 2. The van der Waals surface area contributed by atoms with E-state index in [1.54, 1.807) is 11.3 Å². The Morgan fingerprint density at radius 2 is 2.25 bits per heavy atom. The van der Waals surface area contributed by atoms with Crippen molar-refractivity contribution >= 4 is 22.9 Å². The third-order valence-corrected chi connectivity index (χ3v) is 4.06. The van der Waals surface area contributed by atoms with Crippen molar-refractivity contribution < 1.29 is 4.79 Å². The molecule has 3 aromatic heterocycles. The number of nitrogens with zero attached hydrogens (tertiary/aromatic N) is 2. The van der Waals surface area contributed by atoms with Crippen LogP contribution in [-0.4, -0.2) is 15.3 Å². The molecule has 1 N–H and O–H groups in total. The predicted octanol–water partition coefficient (Wildman–Crippen LogP) is 2.94. The lowest BCUT2D eigenvalue weighted by Gasteiger charge is -2.05. The van der Waals surface area contributed by atoms with E-state index >= 15 is 0 Å². The number of carbonyl (C=O) groups is 1. The Labute approximate surface area is 121 Å². The second-order valence-corrected chi connectivity index (χ2v) is 5.76. The van der Waals surface area contributed by atoms with Crippen molar-refractivity contribution in [1.82, 2.24) is 14.7 Å². The number of rotatable bonds is 3. The van der Waals surface area contributed by atoms with E-state index < -0.39 is 0 Å². The third kappa shape index (κ3) is 2.32. The van der Waals surface area contributed by atoms with Gasteiger partial charge < -0.3 is 9.72 Å². The summed E-state index contributed by atoms with van der Waals surface area (Å²) >= 11 is 1.64. The van der Waals surface area contributed by atoms with Gasteiger partial charge >= 0.3 is 0 Å². The maximum absolute atomic E-state index is 12.3. The second-order valence-electron chi connectivity index (χ2n) is 4.72. The topological polar surface area (TPSA) is 46.4 Å². The molecule has 0 aliphatic carbocycles. The summed E-state index contributed by atoms with van der Waals surface area (Å²) in [6.07, 6.45) is 1.89. The van der Waals surface area contributed by atoms with Gasteiger partial charge in [-0.15, -0.1) is 11.3 Å². The van der Waals surface area contributed by atoms with Crippen LogP contribution in [0.3, 0.4) is 0 Å². The van der Waals surface area contributed by atoms with E-state index in [-0.39, 0.29) is 5.91 Å². The number of carbonyl (C=O) groups excluding carboxylic acids is 1. The fourth-order valence-corrected chi connectivity index (χ4v) is 2.89. The molecule has 0 radical (unpaired) electrons. The lowest BCUT2D eigenvalue weighted by molar-refractivity contribution is 0.0953. The molecule has 0 saturated heterocycles. The average molecular weight is 285 g/mol. The number of fused-ring (bicyclic) bond motifs is 1. The lowest BCUT2D eigenvalue weighted by atomic mass is 10.3. The molecule has 102 valence electrons. The van der Waals surface area contributed by atoms with E-state index in [2.05, 4.69) is 10.3 Å². The first kappa shape index (κ1) is 12.9. The van der Waals surface area contributed by atoms with Crippen molar-refractivity contribution in [1.29, 1.82) is 0 Å². The molecule has 0 aliphatic rings. The third-order valence-electron chi connectivity index (χ3n) is 3.19. The first-order valence-corrected chi connectivity index (χ1v) is 7.29. The highest BCUT2D eigenvalue weighted by atomic mass is 32.1. The van der Waals surface area contributed by atoms with Crippen molar-refractivity contribution in [3.8, 4) is 0 Å². The highest BCUT2D eigenvalue weighted by Crippen LogP contribution is 2.15. The first-order chi connectivity index (χ1) is 9.65. The summed E-state index contributed by atoms with van der Waals surface area (Å²) in [7, 11) is 0. The predicted molar refractivity (Wildman–Crippen MR) is 80.2 cm³/mol. The van der Waals surface area contributed by atoms with Gasteiger partial charge in [-0.2, -0.15) is 0 Å². The van der Waals surface area contributed by atoms with Crippen LogP contribution in [0.2, 0.25) is 0 Å². The molecule has 0 spiro atoms. The van der Waals surface area contributed by atoms with Gasteiger partial charge in [-0.25, -0.2) is 4.98 Å². The van der Waals surface area contributed by atoms with Gasteiger partial charge in [-0.05, 0) is 37.4 Å². The van der Waals surface area contributed by atoms with Crippen LogP contribution in [0.25, 0.3) is 5.65 Å². The summed E-state index contributed by atoms with van der Waals surface area (Å²) in [6.45, 7) is 4.50. The van der Waals surface area contributed by atoms with Crippen LogP contribution < -0.4 is 5.32 Å². The minimum Gasteiger partial charge on any atom is -0.347 e. The molecule has 4 nitrogen and oxygen atoms in total. The summed E-state index contributed by atoms with van der Waals surface area (Å²) in [4.78, 5) is 17.9. The van der Waals surface area contributed by atoms with Gasteiger partial charge in [0.05, 0.1) is 12.1 Å². The number of amides is 1. The zero-order valence-corrected chi connectivity index (χ0v) is 12.2. The Kier molecular flexibility index (Phi) is 3.28. The lowest BCUT2D eigenvalue weighted by Crippen LogP contribution is -2.22. The van der Waals surface area contributed by atoms with Crippen LogP contribution in [0.5, 0.6) is 0 Å². The number of thiophene rings is 1. The van der Waals surface area contributed by atoms with E-state index in [0.29, 0.717) is 17.8 Å². The van der Waals surface area contributed by atoms with Crippen LogP contribution in [0.15, 0.2) is 35.8 Å². The molecule has 0 bridgehead atoms. The first-order valence-electron chi connectivity index (χ1n) is 6.41. The summed E-state index contributed by atoms with van der Waals surface area (Å²) in [6, 6.07) is 7.81. The minimum atomic E-state index is -0.0848. The van der Waals surface area contributed by atoms with E-state index in [1.165, 1.54) is 0 Å². The summed E-state index contributed by atoms with van der Waals surface area (Å²) < 4.78 is 1.94.